The van der Waals surface area contributed by atoms with Gasteiger partial charge in [0.1, 0.15) is 0 Å². The summed E-state index contributed by atoms with van der Waals surface area (Å²) in [7, 11) is 0. The molecule has 28 heavy (non-hydrogen) atoms. The van der Waals surface area contributed by atoms with Crippen LogP contribution in [0.3, 0.4) is 0 Å². The lowest BCUT2D eigenvalue weighted by molar-refractivity contribution is -0.111. The Hall–Kier alpha value is -2.22. The summed E-state index contributed by atoms with van der Waals surface area (Å²) in [6, 6.07) is 4.23. The third-order valence-corrected chi connectivity index (χ3v) is 8.71. The monoisotopic (exact) mass is 371 g/mol. The Morgan fingerprint density at radius 2 is 1.93 bits per heavy atom. The van der Waals surface area contributed by atoms with Gasteiger partial charge < -0.3 is 0 Å². The van der Waals surface area contributed by atoms with Crippen molar-refractivity contribution in [1.29, 1.82) is 0 Å². The van der Waals surface area contributed by atoms with Crippen molar-refractivity contribution in [3.8, 4) is 0 Å². The number of carbonyl (C=O) groups is 1. The highest BCUT2D eigenvalue weighted by Gasteiger charge is 2.61. The Morgan fingerprint density at radius 3 is 2.68 bits per heavy atom. The van der Waals surface area contributed by atoms with Crippen LogP contribution in [0.1, 0.15) is 52.5 Å². The van der Waals surface area contributed by atoms with E-state index < -0.39 is 0 Å². The van der Waals surface area contributed by atoms with Crippen LogP contribution in [0.2, 0.25) is 0 Å². The number of hydrogen-bond donors (Lipinski definition) is 0. The number of nitrogens with zero attached hydrogens (tertiary/aromatic N) is 1. The van der Waals surface area contributed by atoms with Crippen molar-refractivity contribution in [3.63, 3.8) is 0 Å². The summed E-state index contributed by atoms with van der Waals surface area (Å²) in [4.78, 5) is 16.5. The first-order chi connectivity index (χ1) is 13.3. The highest BCUT2D eigenvalue weighted by atomic mass is 16.1. The molecule has 0 aliphatic heterocycles. The fourth-order valence-corrected chi connectivity index (χ4v) is 6.80. The molecule has 5 atom stereocenters. The average molecular weight is 372 g/mol. The van der Waals surface area contributed by atoms with Crippen molar-refractivity contribution in [2.24, 2.45) is 28.1 Å². The first-order valence-corrected chi connectivity index (χ1v) is 10.6. The molecule has 0 amide bonds. The summed E-state index contributed by atoms with van der Waals surface area (Å²) in [5.74, 6) is 1.12. The Labute approximate surface area is 168 Å². The normalized spacial score (nSPS) is 41.4. The second-order valence-electron chi connectivity index (χ2n) is 9.92. The quantitative estimate of drug-likeness (QED) is 0.611. The molecular weight excluding hydrogens is 342 g/mol. The van der Waals surface area contributed by atoms with E-state index in [2.05, 4.69) is 57.0 Å². The van der Waals surface area contributed by atoms with Crippen LogP contribution in [0.25, 0.3) is 5.57 Å². The Kier molecular flexibility index (Phi) is 3.60. The summed E-state index contributed by atoms with van der Waals surface area (Å²) < 4.78 is 0. The van der Waals surface area contributed by atoms with E-state index in [1.54, 1.807) is 11.6 Å². The molecule has 2 fully saturated rings. The molecule has 5 rings (SSSR count). The number of aromatic nitrogens is 1. The second-order valence-corrected chi connectivity index (χ2v) is 9.92. The predicted molar refractivity (Wildman–Crippen MR) is 113 cm³/mol. The van der Waals surface area contributed by atoms with E-state index >= 15 is 0 Å². The summed E-state index contributed by atoms with van der Waals surface area (Å²) in [6.07, 6.45) is 18.0. The van der Waals surface area contributed by atoms with Crippen molar-refractivity contribution in [3.05, 3.63) is 71.6 Å². The molecule has 1 aromatic heterocycles. The van der Waals surface area contributed by atoms with Gasteiger partial charge >= 0.3 is 0 Å². The highest BCUT2D eigenvalue weighted by molar-refractivity contribution is 6.01. The predicted octanol–water partition coefficient (Wildman–Crippen LogP) is 5.94. The van der Waals surface area contributed by atoms with E-state index in [0.717, 1.165) is 12.8 Å². The van der Waals surface area contributed by atoms with Gasteiger partial charge in [0.05, 0.1) is 0 Å². The number of carbonyl (C=O) groups excluding carboxylic acids is 1. The van der Waals surface area contributed by atoms with E-state index in [-0.39, 0.29) is 22.0 Å². The second kappa shape index (κ2) is 5.65. The molecule has 144 valence electrons. The van der Waals surface area contributed by atoms with Crippen LogP contribution in [0.15, 0.2) is 66.1 Å². The van der Waals surface area contributed by atoms with E-state index in [1.807, 2.05) is 24.5 Å². The summed E-state index contributed by atoms with van der Waals surface area (Å²) in [6.45, 7) is 9.59. The molecule has 0 saturated heterocycles. The number of ketones is 1. The van der Waals surface area contributed by atoms with Crippen LogP contribution in [0.5, 0.6) is 0 Å². The van der Waals surface area contributed by atoms with Crippen LogP contribution >= 0.6 is 0 Å². The minimum Gasteiger partial charge on any atom is -0.290 e. The van der Waals surface area contributed by atoms with Crippen LogP contribution in [0, 0.1) is 28.1 Å². The van der Waals surface area contributed by atoms with Gasteiger partial charge in [-0.05, 0) is 65.9 Å². The standard InChI is InChI=1S/C26H29NO/c1-17-14-23-21-8-7-20(18-6-5-13-27-16-18)24(21,2)11-12-26(23,4)25(3)10-9-19(28)15-22(17)25/h5-10,13,15-17,23H,11-12,14H2,1-4H3/t17?,23-,24+,25-,26-/m0/s1. The maximum Gasteiger partial charge on any atom is 0.178 e. The number of rotatable bonds is 1. The third-order valence-electron chi connectivity index (χ3n) is 8.71. The average Bonchev–Trinajstić information content (AvgIpc) is 3.03. The van der Waals surface area contributed by atoms with Crippen molar-refractivity contribution < 1.29 is 4.79 Å². The van der Waals surface area contributed by atoms with Crippen molar-refractivity contribution in [2.75, 3.05) is 0 Å². The van der Waals surface area contributed by atoms with Crippen LogP contribution < -0.4 is 0 Å². The maximum atomic E-state index is 12.1. The molecule has 0 N–H and O–H groups in total. The van der Waals surface area contributed by atoms with Crippen molar-refractivity contribution >= 4 is 11.4 Å². The van der Waals surface area contributed by atoms with Crippen LogP contribution in [0.4, 0.5) is 0 Å². The zero-order valence-electron chi connectivity index (χ0n) is 17.3. The summed E-state index contributed by atoms with van der Waals surface area (Å²) in [5, 5.41) is 0. The molecule has 2 saturated carbocycles. The molecule has 0 bridgehead atoms. The fourth-order valence-electron chi connectivity index (χ4n) is 6.80. The first kappa shape index (κ1) is 17.8. The smallest absolute Gasteiger partial charge is 0.178 e. The van der Waals surface area contributed by atoms with Gasteiger partial charge in [0, 0.05) is 23.2 Å². The first-order valence-electron chi connectivity index (χ1n) is 10.6. The van der Waals surface area contributed by atoms with Crippen LogP contribution in [-0.2, 0) is 4.79 Å². The molecular formula is C26H29NO. The lowest BCUT2D eigenvalue weighted by atomic mass is 9.41. The van der Waals surface area contributed by atoms with Gasteiger partial charge in [0.25, 0.3) is 0 Å². The molecule has 2 nitrogen and oxygen atoms in total. The maximum absolute atomic E-state index is 12.1. The molecule has 4 aliphatic carbocycles. The minimum atomic E-state index is -0.0392. The lowest BCUT2D eigenvalue weighted by Crippen LogP contribution is -2.54. The third kappa shape index (κ3) is 2.09. The van der Waals surface area contributed by atoms with E-state index in [4.69, 9.17) is 0 Å². The highest BCUT2D eigenvalue weighted by Crippen LogP contribution is 2.70. The van der Waals surface area contributed by atoms with Gasteiger partial charge in [-0.3, -0.25) is 9.78 Å². The minimum absolute atomic E-state index is 0.0392. The Morgan fingerprint density at radius 1 is 1.11 bits per heavy atom. The van der Waals surface area contributed by atoms with Gasteiger partial charge in [0.2, 0.25) is 0 Å². The zero-order valence-corrected chi connectivity index (χ0v) is 17.3. The zero-order chi connectivity index (χ0) is 19.7. The number of pyridine rings is 1. The van der Waals surface area contributed by atoms with Crippen LogP contribution in [-0.4, -0.2) is 10.8 Å². The van der Waals surface area contributed by atoms with E-state index in [0.29, 0.717) is 11.8 Å². The molecule has 0 spiro atoms. The lowest BCUT2D eigenvalue weighted by Gasteiger charge is -2.62. The Bertz CT molecular complexity index is 981. The van der Waals surface area contributed by atoms with E-state index in [9.17, 15) is 4.79 Å². The number of hydrogen-bond acceptors (Lipinski definition) is 2. The summed E-state index contributed by atoms with van der Waals surface area (Å²) >= 11 is 0. The SMILES string of the molecule is CC1C[C@H]2C3=CC=C(c4cccnc4)[C@@]3(C)CC[C@]2(C)[C@@]2(C)C=CC(=O)C=C12. The Balaban J connectivity index is 1.58. The summed E-state index contributed by atoms with van der Waals surface area (Å²) in [5.41, 5.74) is 5.82. The molecule has 0 radical (unpaired) electrons. The van der Waals surface area contributed by atoms with Gasteiger partial charge in [-0.25, -0.2) is 0 Å². The van der Waals surface area contributed by atoms with Crippen molar-refractivity contribution in [2.45, 2.75) is 47.0 Å². The molecule has 2 heteroatoms. The number of fused-ring (bicyclic) bond motifs is 5. The molecule has 1 heterocycles. The molecule has 1 unspecified atom stereocenters. The molecule has 4 aliphatic rings. The van der Waals surface area contributed by atoms with Gasteiger partial charge in [0.15, 0.2) is 5.78 Å². The van der Waals surface area contributed by atoms with Crippen molar-refractivity contribution in [1.82, 2.24) is 4.98 Å². The van der Waals surface area contributed by atoms with Gasteiger partial charge in [-0.15, -0.1) is 0 Å². The van der Waals surface area contributed by atoms with Gasteiger partial charge in [-0.1, -0.05) is 63.1 Å². The largest absolute Gasteiger partial charge is 0.290 e. The number of allylic oxidation sites excluding steroid dienone is 8. The fraction of sp³-hybridized carbons (Fsp3) is 0.462. The topological polar surface area (TPSA) is 30.0 Å². The molecule has 0 aromatic carbocycles. The van der Waals surface area contributed by atoms with E-state index in [1.165, 1.54) is 23.1 Å². The van der Waals surface area contributed by atoms with Gasteiger partial charge in [-0.2, -0.15) is 0 Å². The molecule has 1 aromatic rings.